The zero-order chi connectivity index (χ0) is 12.7. The maximum absolute atomic E-state index is 11.4. The Morgan fingerprint density at radius 2 is 0.933 bits per heavy atom. The van der Waals surface area contributed by atoms with E-state index in [1.54, 1.807) is 41.5 Å². The van der Waals surface area contributed by atoms with Crippen LogP contribution in [0, 0.1) is 16.2 Å². The normalized spacial score (nSPS) is 13.7. The quantitative estimate of drug-likeness (QED) is 0.694. The second kappa shape index (κ2) is 3.51. The maximum Gasteiger partial charge on any atom is 0.322 e. The van der Waals surface area contributed by atoms with Gasteiger partial charge in [0.15, 0.2) is 5.41 Å². The summed E-state index contributed by atoms with van der Waals surface area (Å²) in [5.74, 6) is -2.56. The van der Waals surface area contributed by atoms with Gasteiger partial charge in [0.1, 0.15) is 0 Å². The molecule has 0 heterocycles. The van der Waals surface area contributed by atoms with Crippen LogP contribution in [0.2, 0.25) is 0 Å². The topological polar surface area (TPSA) is 74.6 Å². The summed E-state index contributed by atoms with van der Waals surface area (Å²) in [5.41, 5.74) is -3.51. The Morgan fingerprint density at radius 3 is 0.933 bits per heavy atom. The van der Waals surface area contributed by atoms with Crippen molar-refractivity contribution < 1.29 is 19.8 Å². The number of hydrogen-bond donors (Lipinski definition) is 2. The lowest BCUT2D eigenvalue weighted by atomic mass is 9.54. The third kappa shape index (κ3) is 1.85. The number of hydrogen-bond acceptors (Lipinski definition) is 2. The Bertz CT molecular complexity index is 248. The van der Waals surface area contributed by atoms with Crippen molar-refractivity contribution in [2.24, 2.45) is 16.2 Å². The average Bonchev–Trinajstić information content (AvgIpc) is 1.75. The van der Waals surface area contributed by atoms with Gasteiger partial charge in [-0.05, 0) is 10.8 Å². The van der Waals surface area contributed by atoms with E-state index in [9.17, 15) is 19.8 Å². The highest BCUT2D eigenvalue weighted by atomic mass is 16.4. The van der Waals surface area contributed by atoms with Crippen LogP contribution in [-0.4, -0.2) is 22.2 Å². The Kier molecular flexibility index (Phi) is 3.26. The van der Waals surface area contributed by atoms with E-state index < -0.39 is 28.2 Å². The van der Waals surface area contributed by atoms with E-state index >= 15 is 0 Å². The molecule has 88 valence electrons. The van der Waals surface area contributed by atoms with Crippen LogP contribution in [0.3, 0.4) is 0 Å². The van der Waals surface area contributed by atoms with Crippen molar-refractivity contribution in [2.75, 3.05) is 0 Å². The third-order valence-electron chi connectivity index (χ3n) is 2.89. The van der Waals surface area contributed by atoms with Crippen molar-refractivity contribution in [2.45, 2.75) is 41.5 Å². The van der Waals surface area contributed by atoms with Gasteiger partial charge in [0.2, 0.25) is 0 Å². The van der Waals surface area contributed by atoms with Crippen molar-refractivity contribution in [1.29, 1.82) is 0 Å². The fourth-order valence-electron chi connectivity index (χ4n) is 2.50. The van der Waals surface area contributed by atoms with Crippen molar-refractivity contribution >= 4 is 11.9 Å². The standard InChI is InChI=1S/C11H20O4/c1-9(2,3)11(7(12)13,8(14)15)10(4,5)6/h1-6H3,(H,12,13)(H,14,15). The highest BCUT2D eigenvalue weighted by Gasteiger charge is 2.62. The Morgan fingerprint density at radius 1 is 0.733 bits per heavy atom. The van der Waals surface area contributed by atoms with E-state index in [1.165, 1.54) is 0 Å². The fraction of sp³-hybridized carbons (Fsp3) is 0.818. The molecule has 2 N–H and O–H groups in total. The van der Waals surface area contributed by atoms with Crippen LogP contribution in [-0.2, 0) is 9.59 Å². The molecular weight excluding hydrogens is 196 g/mol. The van der Waals surface area contributed by atoms with E-state index in [1.807, 2.05) is 0 Å². The lowest BCUT2D eigenvalue weighted by molar-refractivity contribution is -0.186. The van der Waals surface area contributed by atoms with E-state index in [4.69, 9.17) is 0 Å². The van der Waals surface area contributed by atoms with Crippen LogP contribution in [0.5, 0.6) is 0 Å². The summed E-state index contributed by atoms with van der Waals surface area (Å²) >= 11 is 0. The summed E-state index contributed by atoms with van der Waals surface area (Å²) in [5, 5.41) is 18.6. The van der Waals surface area contributed by atoms with Gasteiger partial charge in [-0.25, -0.2) is 0 Å². The molecule has 0 spiro atoms. The zero-order valence-corrected chi connectivity index (χ0v) is 10.2. The molecule has 0 fully saturated rings. The van der Waals surface area contributed by atoms with Crippen LogP contribution < -0.4 is 0 Å². The number of rotatable bonds is 2. The van der Waals surface area contributed by atoms with Crippen molar-refractivity contribution in [3.63, 3.8) is 0 Å². The second-order valence-corrected chi connectivity index (χ2v) is 5.86. The minimum absolute atomic E-state index is 0.858. The lowest BCUT2D eigenvalue weighted by Gasteiger charge is -2.46. The SMILES string of the molecule is CC(C)(C)C(C(=O)O)(C(=O)O)C(C)(C)C. The molecule has 4 heteroatoms. The van der Waals surface area contributed by atoms with Crippen molar-refractivity contribution in [1.82, 2.24) is 0 Å². The minimum Gasteiger partial charge on any atom is -0.480 e. The molecule has 0 amide bonds. The first-order valence-corrected chi connectivity index (χ1v) is 4.86. The zero-order valence-electron chi connectivity index (χ0n) is 10.2. The van der Waals surface area contributed by atoms with Gasteiger partial charge < -0.3 is 10.2 Å². The van der Waals surface area contributed by atoms with Crippen molar-refractivity contribution in [3.8, 4) is 0 Å². The molecule has 0 aliphatic rings. The van der Waals surface area contributed by atoms with E-state index in [2.05, 4.69) is 0 Å². The van der Waals surface area contributed by atoms with Gasteiger partial charge in [-0.3, -0.25) is 9.59 Å². The molecule has 0 aliphatic heterocycles. The molecule has 0 radical (unpaired) electrons. The van der Waals surface area contributed by atoms with Gasteiger partial charge in [0.25, 0.3) is 0 Å². The van der Waals surface area contributed by atoms with Gasteiger partial charge >= 0.3 is 11.9 Å². The first-order valence-electron chi connectivity index (χ1n) is 4.86. The molecule has 0 atom stereocenters. The third-order valence-corrected chi connectivity index (χ3v) is 2.89. The summed E-state index contributed by atoms with van der Waals surface area (Å²) in [6.07, 6.45) is 0. The molecule has 0 unspecified atom stereocenters. The maximum atomic E-state index is 11.4. The number of carboxylic acids is 2. The molecule has 4 nitrogen and oxygen atoms in total. The average molecular weight is 216 g/mol. The van der Waals surface area contributed by atoms with Gasteiger partial charge in [-0.1, -0.05) is 41.5 Å². The molecule has 0 aromatic carbocycles. The number of carbonyl (C=O) groups is 2. The Hall–Kier alpha value is -1.06. The Labute approximate surface area is 90.3 Å². The molecule has 0 aromatic rings. The smallest absolute Gasteiger partial charge is 0.322 e. The number of carboxylic acid groups (broad SMARTS) is 2. The molecular formula is C11H20O4. The van der Waals surface area contributed by atoms with Gasteiger partial charge in [0, 0.05) is 0 Å². The van der Waals surface area contributed by atoms with E-state index in [0.717, 1.165) is 0 Å². The molecule has 0 rings (SSSR count). The predicted molar refractivity (Wildman–Crippen MR) is 56.6 cm³/mol. The summed E-state index contributed by atoms with van der Waals surface area (Å²) in [7, 11) is 0. The molecule has 15 heavy (non-hydrogen) atoms. The fourth-order valence-corrected chi connectivity index (χ4v) is 2.50. The summed E-state index contributed by atoms with van der Waals surface area (Å²) in [6.45, 7) is 9.84. The van der Waals surface area contributed by atoms with Crippen LogP contribution >= 0.6 is 0 Å². The summed E-state index contributed by atoms with van der Waals surface area (Å²) < 4.78 is 0. The molecule has 0 aliphatic carbocycles. The van der Waals surface area contributed by atoms with Crippen LogP contribution in [0.25, 0.3) is 0 Å². The molecule has 0 saturated carbocycles. The highest BCUT2D eigenvalue weighted by Crippen LogP contribution is 2.51. The van der Waals surface area contributed by atoms with Crippen molar-refractivity contribution in [3.05, 3.63) is 0 Å². The lowest BCUT2D eigenvalue weighted by Crippen LogP contribution is -2.57. The molecule has 0 bridgehead atoms. The largest absolute Gasteiger partial charge is 0.480 e. The van der Waals surface area contributed by atoms with Gasteiger partial charge in [0.05, 0.1) is 0 Å². The highest BCUT2D eigenvalue weighted by molar-refractivity contribution is 6.00. The second-order valence-electron chi connectivity index (χ2n) is 5.86. The predicted octanol–water partition coefficient (Wildman–Crippen LogP) is 2.23. The van der Waals surface area contributed by atoms with Gasteiger partial charge in [-0.2, -0.15) is 0 Å². The van der Waals surface area contributed by atoms with E-state index in [0.29, 0.717) is 0 Å². The minimum atomic E-state index is -1.79. The molecule has 0 aromatic heterocycles. The van der Waals surface area contributed by atoms with E-state index in [-0.39, 0.29) is 0 Å². The van der Waals surface area contributed by atoms with Crippen LogP contribution in [0.4, 0.5) is 0 Å². The first kappa shape index (κ1) is 13.9. The summed E-state index contributed by atoms with van der Waals surface area (Å²) in [6, 6.07) is 0. The van der Waals surface area contributed by atoms with Gasteiger partial charge in [-0.15, -0.1) is 0 Å². The first-order chi connectivity index (χ1) is 6.39. The van der Waals surface area contributed by atoms with Crippen LogP contribution in [0.1, 0.15) is 41.5 Å². The van der Waals surface area contributed by atoms with Crippen LogP contribution in [0.15, 0.2) is 0 Å². The number of aliphatic carboxylic acids is 2. The summed E-state index contributed by atoms with van der Waals surface area (Å²) in [4.78, 5) is 22.8. The molecule has 0 saturated heterocycles. The monoisotopic (exact) mass is 216 g/mol. The Balaban J connectivity index is 5.97.